The molecule has 8 nitrogen and oxygen atoms in total. The molecule has 0 fully saturated rings. The van der Waals surface area contributed by atoms with Gasteiger partial charge in [-0.2, -0.15) is 0 Å². The first kappa shape index (κ1) is 16.4. The number of rotatable bonds is 4. The van der Waals surface area contributed by atoms with E-state index in [2.05, 4.69) is 20.9 Å². The fourth-order valence-electron chi connectivity index (χ4n) is 2.49. The van der Waals surface area contributed by atoms with Gasteiger partial charge in [0.1, 0.15) is 11.7 Å². The minimum atomic E-state index is -0.984. The van der Waals surface area contributed by atoms with E-state index in [0.717, 1.165) is 0 Å². The second-order valence-electron chi connectivity index (χ2n) is 5.37. The molecule has 0 bridgehead atoms. The second kappa shape index (κ2) is 7.00. The molecule has 2 heterocycles. The maximum Gasteiger partial charge on any atom is 0.254 e. The lowest BCUT2D eigenvalue weighted by Crippen LogP contribution is -2.43. The summed E-state index contributed by atoms with van der Waals surface area (Å²) in [6.07, 6.45) is 1.31. The highest BCUT2D eigenvalue weighted by Crippen LogP contribution is 2.21. The van der Waals surface area contributed by atoms with Crippen LogP contribution in [-0.4, -0.2) is 35.9 Å². The topological polar surface area (TPSA) is 109 Å². The Balaban J connectivity index is 1.71. The van der Waals surface area contributed by atoms with Crippen molar-refractivity contribution >= 4 is 29.1 Å². The number of nitrogens with zero attached hydrogens (tertiary/aromatic N) is 1. The Morgan fingerprint density at radius 1 is 1.24 bits per heavy atom. The van der Waals surface area contributed by atoms with E-state index in [1.54, 1.807) is 36.4 Å². The van der Waals surface area contributed by atoms with Gasteiger partial charge in [-0.15, -0.1) is 0 Å². The van der Waals surface area contributed by atoms with Crippen molar-refractivity contribution in [3.8, 4) is 5.88 Å². The fraction of sp³-hybridized carbons (Fsp3) is 0.176. The van der Waals surface area contributed by atoms with Crippen molar-refractivity contribution in [1.29, 1.82) is 0 Å². The molecule has 0 spiro atoms. The summed E-state index contributed by atoms with van der Waals surface area (Å²) in [6, 6.07) is 8.95. The van der Waals surface area contributed by atoms with E-state index in [1.807, 2.05) is 0 Å². The summed E-state index contributed by atoms with van der Waals surface area (Å²) in [6.45, 7) is 0. The van der Waals surface area contributed by atoms with Crippen molar-refractivity contribution in [1.82, 2.24) is 10.3 Å². The number of hydrogen-bond donors (Lipinski definition) is 3. The van der Waals surface area contributed by atoms with Crippen LogP contribution in [0.2, 0.25) is 0 Å². The molecule has 3 rings (SSSR count). The summed E-state index contributed by atoms with van der Waals surface area (Å²) < 4.78 is 5.06. The summed E-state index contributed by atoms with van der Waals surface area (Å²) in [5.74, 6) is -1.05. The number of hydrogen-bond acceptors (Lipinski definition) is 5. The van der Waals surface area contributed by atoms with Crippen molar-refractivity contribution in [3.05, 3.63) is 48.2 Å². The van der Waals surface area contributed by atoms with Gasteiger partial charge >= 0.3 is 0 Å². The van der Waals surface area contributed by atoms with Crippen LogP contribution in [0, 0.1) is 0 Å². The largest absolute Gasteiger partial charge is 0.480 e. The van der Waals surface area contributed by atoms with Crippen molar-refractivity contribution in [2.45, 2.75) is 12.5 Å². The van der Waals surface area contributed by atoms with E-state index < -0.39 is 23.8 Å². The van der Waals surface area contributed by atoms with E-state index in [1.165, 1.54) is 13.3 Å². The van der Waals surface area contributed by atoms with Gasteiger partial charge in [-0.25, -0.2) is 4.98 Å². The summed E-state index contributed by atoms with van der Waals surface area (Å²) in [4.78, 5) is 40.8. The van der Waals surface area contributed by atoms with E-state index in [4.69, 9.17) is 4.74 Å². The van der Waals surface area contributed by atoms with Crippen LogP contribution in [0.3, 0.4) is 0 Å². The number of anilines is 2. The van der Waals surface area contributed by atoms with Crippen LogP contribution >= 0.6 is 0 Å². The van der Waals surface area contributed by atoms with Gasteiger partial charge in [0.25, 0.3) is 5.91 Å². The van der Waals surface area contributed by atoms with Gasteiger partial charge in [0.05, 0.1) is 24.8 Å². The van der Waals surface area contributed by atoms with Crippen LogP contribution in [0.5, 0.6) is 5.88 Å². The summed E-state index contributed by atoms with van der Waals surface area (Å²) in [5, 5.41) is 7.85. The van der Waals surface area contributed by atoms with E-state index in [9.17, 15) is 14.4 Å². The Morgan fingerprint density at radius 3 is 2.84 bits per heavy atom. The first-order valence-corrected chi connectivity index (χ1v) is 7.58. The third-order valence-corrected chi connectivity index (χ3v) is 3.68. The molecule has 1 aromatic carbocycles. The van der Waals surface area contributed by atoms with Gasteiger partial charge in [0, 0.05) is 6.20 Å². The molecule has 1 aliphatic heterocycles. The first-order valence-electron chi connectivity index (χ1n) is 7.58. The third kappa shape index (κ3) is 3.57. The van der Waals surface area contributed by atoms with Gasteiger partial charge in [-0.3, -0.25) is 14.4 Å². The Morgan fingerprint density at radius 2 is 2.04 bits per heavy atom. The molecular weight excluding hydrogens is 324 g/mol. The highest BCUT2D eigenvalue weighted by Gasteiger charge is 2.29. The van der Waals surface area contributed by atoms with Crippen LogP contribution in [0.25, 0.3) is 0 Å². The zero-order valence-electron chi connectivity index (χ0n) is 13.4. The molecule has 3 N–H and O–H groups in total. The minimum absolute atomic E-state index is 0.219. The maximum atomic E-state index is 12.3. The molecule has 2 aromatic rings. The fourth-order valence-corrected chi connectivity index (χ4v) is 2.49. The number of carbonyl (C=O) groups excluding carboxylic acids is 3. The number of amides is 3. The number of pyridine rings is 1. The normalized spacial score (nSPS) is 16.1. The summed E-state index contributed by atoms with van der Waals surface area (Å²) in [7, 11) is 1.44. The third-order valence-electron chi connectivity index (χ3n) is 3.68. The molecule has 0 saturated carbocycles. The molecule has 1 aliphatic rings. The first-order chi connectivity index (χ1) is 12.1. The molecule has 1 aromatic heterocycles. The van der Waals surface area contributed by atoms with Crippen LogP contribution < -0.4 is 20.7 Å². The highest BCUT2D eigenvalue weighted by atomic mass is 16.5. The molecule has 8 heteroatoms. The van der Waals surface area contributed by atoms with Crippen molar-refractivity contribution < 1.29 is 19.1 Å². The Bertz CT molecular complexity index is 837. The quantitative estimate of drug-likeness (QED) is 0.774. The molecule has 25 heavy (non-hydrogen) atoms. The van der Waals surface area contributed by atoms with Crippen molar-refractivity contribution in [2.75, 3.05) is 17.7 Å². The zero-order valence-corrected chi connectivity index (χ0v) is 13.4. The summed E-state index contributed by atoms with van der Waals surface area (Å²) >= 11 is 0. The molecule has 1 atom stereocenters. The van der Waals surface area contributed by atoms with Crippen LogP contribution in [0.4, 0.5) is 11.4 Å². The Kier molecular flexibility index (Phi) is 4.60. The smallest absolute Gasteiger partial charge is 0.254 e. The molecule has 0 aliphatic carbocycles. The Labute approximate surface area is 143 Å². The van der Waals surface area contributed by atoms with Gasteiger partial charge < -0.3 is 20.7 Å². The standard InChI is InChI=1S/C17H16N4O4/c1-25-17-12(7-4-8-18-17)19-14(22)9-13-16(24)20-11-6-3-2-5-10(11)15(23)21-13/h2-8,13H,9H2,1H3,(H,19,22)(H,20,24)(H,21,23)/t13-/m0/s1. The van der Waals surface area contributed by atoms with Crippen LogP contribution in [0.15, 0.2) is 42.6 Å². The van der Waals surface area contributed by atoms with Gasteiger partial charge in [0.15, 0.2) is 0 Å². The minimum Gasteiger partial charge on any atom is -0.480 e. The van der Waals surface area contributed by atoms with E-state index in [-0.39, 0.29) is 12.3 Å². The van der Waals surface area contributed by atoms with Crippen molar-refractivity contribution in [2.24, 2.45) is 0 Å². The lowest BCUT2D eigenvalue weighted by molar-refractivity contribution is -0.122. The highest BCUT2D eigenvalue weighted by molar-refractivity contribution is 6.11. The second-order valence-corrected chi connectivity index (χ2v) is 5.37. The number of benzene rings is 1. The molecular formula is C17H16N4O4. The number of methoxy groups -OCH3 is 1. The number of nitrogens with one attached hydrogen (secondary N) is 3. The number of ether oxygens (including phenoxy) is 1. The van der Waals surface area contributed by atoms with Crippen LogP contribution in [0.1, 0.15) is 16.8 Å². The maximum absolute atomic E-state index is 12.3. The molecule has 3 amide bonds. The molecule has 0 unspecified atom stereocenters. The summed E-state index contributed by atoms with van der Waals surface area (Å²) in [5.41, 5.74) is 1.16. The number of fused-ring (bicyclic) bond motifs is 1. The predicted molar refractivity (Wildman–Crippen MR) is 90.4 cm³/mol. The molecule has 128 valence electrons. The predicted octanol–water partition coefficient (Wildman–Crippen LogP) is 1.17. The van der Waals surface area contributed by atoms with Gasteiger partial charge in [-0.1, -0.05) is 12.1 Å². The van der Waals surface area contributed by atoms with Gasteiger partial charge in [0.2, 0.25) is 17.7 Å². The van der Waals surface area contributed by atoms with Crippen molar-refractivity contribution in [3.63, 3.8) is 0 Å². The zero-order chi connectivity index (χ0) is 17.8. The average molecular weight is 340 g/mol. The molecule has 0 saturated heterocycles. The monoisotopic (exact) mass is 340 g/mol. The molecule has 0 radical (unpaired) electrons. The van der Waals surface area contributed by atoms with E-state index in [0.29, 0.717) is 16.9 Å². The number of para-hydroxylation sites is 1. The number of aromatic nitrogens is 1. The average Bonchev–Trinajstić information content (AvgIpc) is 2.72. The van der Waals surface area contributed by atoms with Crippen LogP contribution in [-0.2, 0) is 9.59 Å². The Hall–Kier alpha value is -3.42. The van der Waals surface area contributed by atoms with Gasteiger partial charge in [-0.05, 0) is 24.3 Å². The SMILES string of the molecule is COc1ncccc1NC(=O)C[C@@H]1NC(=O)c2ccccc2NC1=O. The van der Waals surface area contributed by atoms with E-state index >= 15 is 0 Å². The number of carbonyl (C=O) groups is 3. The lowest BCUT2D eigenvalue weighted by Gasteiger charge is -2.15. The lowest BCUT2D eigenvalue weighted by atomic mass is 10.1.